The van der Waals surface area contributed by atoms with Crippen molar-refractivity contribution in [2.45, 2.75) is 56.8 Å². The lowest BCUT2D eigenvalue weighted by Crippen LogP contribution is -2.56. The SMILES string of the molecule is Cn1cc(-c2nc(NC3CCC3)cc(C(=O)N3CC[C@@H](N4CCc5ccccc5C4)[C@H](O)C3)n2)cn1. The van der Waals surface area contributed by atoms with Gasteiger partial charge in [-0.3, -0.25) is 14.4 Å². The van der Waals surface area contributed by atoms with E-state index in [1.807, 2.05) is 13.2 Å². The van der Waals surface area contributed by atoms with Crippen LogP contribution in [0.3, 0.4) is 0 Å². The van der Waals surface area contributed by atoms with Crippen molar-refractivity contribution in [3.8, 4) is 11.4 Å². The van der Waals surface area contributed by atoms with E-state index in [-0.39, 0.29) is 11.9 Å². The molecule has 0 unspecified atom stereocenters. The number of rotatable bonds is 5. The van der Waals surface area contributed by atoms with Gasteiger partial charge in [0.15, 0.2) is 5.82 Å². The number of nitrogens with one attached hydrogen (secondary N) is 1. The zero-order chi connectivity index (χ0) is 24.6. The van der Waals surface area contributed by atoms with Gasteiger partial charge in [-0.1, -0.05) is 24.3 Å². The van der Waals surface area contributed by atoms with Gasteiger partial charge >= 0.3 is 0 Å². The number of fused-ring (bicyclic) bond motifs is 1. The summed E-state index contributed by atoms with van der Waals surface area (Å²) in [5.74, 6) is 0.984. The number of β-amino-alcohol motifs (C(OH)–C–C–N with tert-alkyl or cyclic N) is 1. The smallest absolute Gasteiger partial charge is 0.272 e. The topological polar surface area (TPSA) is 99.4 Å². The third-order valence-electron chi connectivity index (χ3n) is 7.83. The van der Waals surface area contributed by atoms with Gasteiger partial charge < -0.3 is 15.3 Å². The summed E-state index contributed by atoms with van der Waals surface area (Å²) in [6.07, 6.45) is 8.12. The quantitative estimate of drug-likeness (QED) is 0.570. The molecule has 0 radical (unpaired) electrons. The molecule has 2 aromatic heterocycles. The highest BCUT2D eigenvalue weighted by Gasteiger charge is 2.36. The van der Waals surface area contributed by atoms with Crippen molar-refractivity contribution in [1.29, 1.82) is 0 Å². The van der Waals surface area contributed by atoms with Crippen LogP contribution in [0.2, 0.25) is 0 Å². The molecule has 1 amide bonds. The molecule has 2 N–H and O–H groups in total. The molecular formula is C27H33N7O2. The van der Waals surface area contributed by atoms with Crippen LogP contribution in [0.4, 0.5) is 5.82 Å². The minimum atomic E-state index is -0.597. The second kappa shape index (κ2) is 9.63. The van der Waals surface area contributed by atoms with Gasteiger partial charge in [0.05, 0.1) is 17.9 Å². The fourth-order valence-electron chi connectivity index (χ4n) is 5.55. The van der Waals surface area contributed by atoms with E-state index in [2.05, 4.69) is 49.5 Å². The number of hydrogen-bond acceptors (Lipinski definition) is 7. The van der Waals surface area contributed by atoms with Crippen molar-refractivity contribution in [3.05, 3.63) is 59.5 Å². The van der Waals surface area contributed by atoms with E-state index in [9.17, 15) is 9.90 Å². The van der Waals surface area contributed by atoms with Crippen LogP contribution >= 0.6 is 0 Å². The Labute approximate surface area is 211 Å². The van der Waals surface area contributed by atoms with Crippen LogP contribution in [0.5, 0.6) is 0 Å². The minimum absolute atomic E-state index is 0.0506. The Morgan fingerprint density at radius 3 is 2.67 bits per heavy atom. The lowest BCUT2D eigenvalue weighted by Gasteiger charge is -2.43. The monoisotopic (exact) mass is 487 g/mol. The summed E-state index contributed by atoms with van der Waals surface area (Å²) in [5.41, 5.74) is 3.86. The average molecular weight is 488 g/mol. The first-order valence-corrected chi connectivity index (χ1v) is 13.0. The number of aliphatic hydroxyl groups excluding tert-OH is 1. The van der Waals surface area contributed by atoms with Crippen LogP contribution in [-0.4, -0.2) is 78.4 Å². The lowest BCUT2D eigenvalue weighted by molar-refractivity contribution is -0.0139. The summed E-state index contributed by atoms with van der Waals surface area (Å²) >= 11 is 0. The normalized spacial score (nSPS) is 22.7. The first-order chi connectivity index (χ1) is 17.5. The molecule has 1 aliphatic carbocycles. The van der Waals surface area contributed by atoms with Crippen molar-refractivity contribution in [2.75, 3.05) is 25.0 Å². The van der Waals surface area contributed by atoms with Crippen LogP contribution in [0, 0.1) is 0 Å². The number of amides is 1. The highest BCUT2D eigenvalue weighted by atomic mass is 16.3. The van der Waals surface area contributed by atoms with Gasteiger partial charge in [-0.15, -0.1) is 0 Å². The number of piperidine rings is 1. The zero-order valence-corrected chi connectivity index (χ0v) is 20.7. The fourth-order valence-corrected chi connectivity index (χ4v) is 5.55. The zero-order valence-electron chi connectivity index (χ0n) is 20.7. The average Bonchev–Trinajstić information content (AvgIpc) is 3.31. The number of carbonyl (C=O) groups is 1. The molecule has 4 heterocycles. The second-order valence-electron chi connectivity index (χ2n) is 10.3. The van der Waals surface area contributed by atoms with Gasteiger partial charge in [0.25, 0.3) is 5.91 Å². The van der Waals surface area contributed by atoms with E-state index in [0.29, 0.717) is 36.5 Å². The van der Waals surface area contributed by atoms with Crippen molar-refractivity contribution in [2.24, 2.45) is 7.05 Å². The number of aryl methyl sites for hydroxylation is 1. The molecule has 9 nitrogen and oxygen atoms in total. The Kier molecular flexibility index (Phi) is 6.18. The van der Waals surface area contributed by atoms with E-state index in [1.54, 1.807) is 21.8 Å². The van der Waals surface area contributed by atoms with E-state index < -0.39 is 6.10 Å². The molecule has 2 fully saturated rings. The highest BCUT2D eigenvalue weighted by Crippen LogP contribution is 2.27. The Balaban J connectivity index is 1.18. The Hall–Kier alpha value is -3.30. The number of hydrogen-bond donors (Lipinski definition) is 2. The molecule has 2 atom stereocenters. The van der Waals surface area contributed by atoms with Crippen LogP contribution in [0.25, 0.3) is 11.4 Å². The maximum Gasteiger partial charge on any atom is 0.272 e. The molecule has 6 rings (SSSR count). The van der Waals surface area contributed by atoms with Crippen molar-refractivity contribution in [1.82, 2.24) is 29.5 Å². The minimum Gasteiger partial charge on any atom is -0.390 e. The summed E-state index contributed by atoms with van der Waals surface area (Å²) < 4.78 is 1.70. The predicted molar refractivity (Wildman–Crippen MR) is 136 cm³/mol. The van der Waals surface area contributed by atoms with E-state index >= 15 is 0 Å². The van der Waals surface area contributed by atoms with Gasteiger partial charge in [-0.25, -0.2) is 9.97 Å². The van der Waals surface area contributed by atoms with Crippen LogP contribution in [0.1, 0.15) is 47.3 Å². The number of carbonyl (C=O) groups excluding carboxylic acids is 1. The van der Waals surface area contributed by atoms with Crippen LogP contribution in [0.15, 0.2) is 42.7 Å². The largest absolute Gasteiger partial charge is 0.390 e. The fraction of sp³-hybridized carbons (Fsp3) is 0.481. The van der Waals surface area contributed by atoms with Crippen molar-refractivity contribution >= 4 is 11.7 Å². The Morgan fingerprint density at radius 2 is 1.94 bits per heavy atom. The summed E-state index contributed by atoms with van der Waals surface area (Å²) in [7, 11) is 1.85. The third-order valence-corrected chi connectivity index (χ3v) is 7.83. The number of aliphatic hydroxyl groups is 1. The summed E-state index contributed by atoms with van der Waals surface area (Å²) in [4.78, 5) is 27.0. The van der Waals surface area contributed by atoms with E-state index in [1.165, 1.54) is 17.5 Å². The summed E-state index contributed by atoms with van der Waals surface area (Å²) in [6, 6.07) is 10.7. The first-order valence-electron chi connectivity index (χ1n) is 13.0. The number of anilines is 1. The van der Waals surface area contributed by atoms with E-state index in [4.69, 9.17) is 0 Å². The molecule has 1 saturated carbocycles. The first kappa shape index (κ1) is 23.1. The maximum atomic E-state index is 13.6. The Bertz CT molecular complexity index is 1250. The van der Waals surface area contributed by atoms with Crippen LogP contribution in [-0.2, 0) is 20.0 Å². The van der Waals surface area contributed by atoms with Crippen molar-refractivity contribution < 1.29 is 9.90 Å². The number of aromatic nitrogens is 4. The molecule has 188 valence electrons. The molecule has 2 aliphatic heterocycles. The van der Waals surface area contributed by atoms with Gasteiger partial charge in [0.1, 0.15) is 11.5 Å². The van der Waals surface area contributed by atoms with Gasteiger partial charge in [-0.2, -0.15) is 5.10 Å². The summed E-state index contributed by atoms with van der Waals surface area (Å²) in [6.45, 7) is 2.68. The molecule has 36 heavy (non-hydrogen) atoms. The Morgan fingerprint density at radius 1 is 1.11 bits per heavy atom. The van der Waals surface area contributed by atoms with Crippen molar-refractivity contribution in [3.63, 3.8) is 0 Å². The third kappa shape index (κ3) is 4.60. The molecule has 0 spiro atoms. The second-order valence-corrected chi connectivity index (χ2v) is 10.3. The van der Waals surface area contributed by atoms with Crippen LogP contribution < -0.4 is 5.32 Å². The highest BCUT2D eigenvalue weighted by molar-refractivity contribution is 5.93. The maximum absolute atomic E-state index is 13.6. The number of benzene rings is 1. The molecular weight excluding hydrogens is 454 g/mol. The number of likely N-dealkylation sites (tertiary alicyclic amines) is 1. The molecule has 0 bridgehead atoms. The summed E-state index contributed by atoms with van der Waals surface area (Å²) in [5, 5.41) is 18.8. The number of nitrogens with zero attached hydrogens (tertiary/aromatic N) is 6. The predicted octanol–water partition coefficient (Wildman–Crippen LogP) is 2.48. The molecule has 3 aliphatic rings. The molecule has 9 heteroatoms. The van der Waals surface area contributed by atoms with Gasteiger partial charge in [0, 0.05) is 57.6 Å². The standard InChI is InChI=1S/C27H33N7O2/c1-32-15-20(14-28-32)26-30-22(13-25(31-26)29-21-7-4-8-21)27(36)34-12-10-23(24(35)17-34)33-11-9-18-5-2-3-6-19(18)16-33/h2-3,5-6,13-15,21,23-24,35H,4,7-12,16-17H2,1H3,(H,29,30,31)/t23-,24-/m1/s1. The molecule has 1 saturated heterocycles. The molecule has 1 aromatic carbocycles. The molecule has 3 aromatic rings. The van der Waals surface area contributed by atoms with Gasteiger partial charge in [0.2, 0.25) is 0 Å². The van der Waals surface area contributed by atoms with E-state index in [0.717, 1.165) is 44.3 Å². The lowest BCUT2D eigenvalue weighted by atomic mass is 9.93. The van der Waals surface area contributed by atoms with Gasteiger partial charge in [-0.05, 0) is 43.2 Å².